The SMILES string of the molecule is Clc1cccc(-n2cc3cnc(Br)cc3n2)c1Cl. The van der Waals surface area contributed by atoms with Crippen molar-refractivity contribution < 1.29 is 0 Å². The van der Waals surface area contributed by atoms with Crippen molar-refractivity contribution in [1.82, 2.24) is 14.8 Å². The normalized spacial score (nSPS) is 11.1. The largest absolute Gasteiger partial charge is 0.249 e. The van der Waals surface area contributed by atoms with Crippen LogP contribution in [0.2, 0.25) is 10.0 Å². The summed E-state index contributed by atoms with van der Waals surface area (Å²) >= 11 is 15.5. The summed E-state index contributed by atoms with van der Waals surface area (Å²) in [5.41, 5.74) is 1.59. The summed E-state index contributed by atoms with van der Waals surface area (Å²) < 4.78 is 2.45. The number of fused-ring (bicyclic) bond motifs is 1. The van der Waals surface area contributed by atoms with Crippen molar-refractivity contribution in [3.8, 4) is 5.69 Å². The average molecular weight is 343 g/mol. The van der Waals surface area contributed by atoms with E-state index in [1.165, 1.54) is 0 Å². The molecular formula is C12H6BrCl2N3. The zero-order valence-corrected chi connectivity index (χ0v) is 12.0. The third-order valence-corrected chi connectivity index (χ3v) is 3.78. The summed E-state index contributed by atoms with van der Waals surface area (Å²) in [6.07, 6.45) is 3.62. The van der Waals surface area contributed by atoms with Crippen LogP contribution in [0.5, 0.6) is 0 Å². The molecule has 0 aliphatic carbocycles. The summed E-state index contributed by atoms with van der Waals surface area (Å²) in [6, 6.07) is 7.30. The fraction of sp³-hybridized carbons (Fsp3) is 0. The third kappa shape index (κ3) is 2.00. The van der Waals surface area contributed by atoms with Gasteiger partial charge in [0, 0.05) is 17.8 Å². The molecular weight excluding hydrogens is 337 g/mol. The molecule has 0 amide bonds. The van der Waals surface area contributed by atoms with E-state index in [9.17, 15) is 0 Å². The van der Waals surface area contributed by atoms with Crippen molar-refractivity contribution >= 4 is 50.0 Å². The van der Waals surface area contributed by atoms with Crippen LogP contribution in [-0.4, -0.2) is 14.8 Å². The Hall–Kier alpha value is -1.10. The van der Waals surface area contributed by atoms with Crippen LogP contribution in [0.25, 0.3) is 16.6 Å². The smallest absolute Gasteiger partial charge is 0.108 e. The van der Waals surface area contributed by atoms with Gasteiger partial charge in [-0.1, -0.05) is 29.3 Å². The van der Waals surface area contributed by atoms with Gasteiger partial charge >= 0.3 is 0 Å². The van der Waals surface area contributed by atoms with E-state index in [0.717, 1.165) is 21.2 Å². The second-order valence-corrected chi connectivity index (χ2v) is 5.31. The highest BCUT2D eigenvalue weighted by molar-refractivity contribution is 9.10. The minimum absolute atomic E-state index is 0.485. The quantitative estimate of drug-likeness (QED) is 0.610. The Kier molecular flexibility index (Phi) is 3.01. The first kappa shape index (κ1) is 12.0. The minimum Gasteiger partial charge on any atom is -0.249 e. The molecule has 0 atom stereocenters. The first-order valence-electron chi connectivity index (χ1n) is 5.10. The van der Waals surface area contributed by atoms with Crippen molar-refractivity contribution in [2.75, 3.05) is 0 Å². The van der Waals surface area contributed by atoms with Crippen LogP contribution in [0.4, 0.5) is 0 Å². The summed E-state index contributed by atoms with van der Waals surface area (Å²) in [7, 11) is 0. The standard InChI is InChI=1S/C12H6BrCl2N3/c13-11-4-9-7(5-16-11)6-18(17-9)10-3-1-2-8(14)12(10)15/h1-6H. The van der Waals surface area contributed by atoms with Crippen LogP contribution in [0.3, 0.4) is 0 Å². The predicted octanol–water partition coefficient (Wildman–Crippen LogP) is 4.49. The Labute approximate surface area is 121 Å². The highest BCUT2D eigenvalue weighted by Crippen LogP contribution is 2.29. The molecule has 3 rings (SSSR count). The van der Waals surface area contributed by atoms with Crippen LogP contribution < -0.4 is 0 Å². The van der Waals surface area contributed by atoms with Gasteiger partial charge in [-0.05, 0) is 34.1 Å². The summed E-state index contributed by atoms with van der Waals surface area (Å²) in [5, 5.41) is 6.38. The summed E-state index contributed by atoms with van der Waals surface area (Å²) in [5.74, 6) is 0. The maximum Gasteiger partial charge on any atom is 0.108 e. The predicted molar refractivity (Wildman–Crippen MR) is 76.6 cm³/mol. The molecule has 0 saturated carbocycles. The lowest BCUT2D eigenvalue weighted by molar-refractivity contribution is 0.896. The molecule has 0 bridgehead atoms. The molecule has 18 heavy (non-hydrogen) atoms. The number of nitrogens with zero attached hydrogens (tertiary/aromatic N) is 3. The van der Waals surface area contributed by atoms with E-state index >= 15 is 0 Å². The molecule has 0 fully saturated rings. The molecule has 0 aliphatic rings. The Balaban J connectivity index is 2.22. The Morgan fingerprint density at radius 2 is 2.06 bits per heavy atom. The van der Waals surface area contributed by atoms with Crippen molar-refractivity contribution in [3.63, 3.8) is 0 Å². The van der Waals surface area contributed by atoms with Gasteiger partial charge < -0.3 is 0 Å². The number of hydrogen-bond donors (Lipinski definition) is 0. The number of benzene rings is 1. The van der Waals surface area contributed by atoms with Crippen molar-refractivity contribution in [3.05, 3.63) is 51.3 Å². The molecule has 0 saturated heterocycles. The summed E-state index contributed by atoms with van der Waals surface area (Å²) in [4.78, 5) is 4.16. The number of rotatable bonds is 1. The molecule has 3 nitrogen and oxygen atoms in total. The molecule has 90 valence electrons. The molecule has 3 aromatic rings. The average Bonchev–Trinajstić information content (AvgIpc) is 2.75. The van der Waals surface area contributed by atoms with Crippen molar-refractivity contribution in [1.29, 1.82) is 0 Å². The molecule has 1 aromatic carbocycles. The minimum atomic E-state index is 0.485. The number of hydrogen-bond acceptors (Lipinski definition) is 2. The van der Waals surface area contributed by atoms with Crippen LogP contribution in [0.1, 0.15) is 0 Å². The molecule has 0 aliphatic heterocycles. The topological polar surface area (TPSA) is 30.7 Å². The van der Waals surface area contributed by atoms with Gasteiger partial charge in [0.15, 0.2) is 0 Å². The van der Waals surface area contributed by atoms with E-state index < -0.39 is 0 Å². The van der Waals surface area contributed by atoms with Gasteiger partial charge in [-0.3, -0.25) is 0 Å². The van der Waals surface area contributed by atoms with E-state index in [0.29, 0.717) is 10.0 Å². The highest BCUT2D eigenvalue weighted by Gasteiger charge is 2.09. The monoisotopic (exact) mass is 341 g/mol. The lowest BCUT2D eigenvalue weighted by Gasteiger charge is -2.04. The van der Waals surface area contributed by atoms with Crippen molar-refractivity contribution in [2.45, 2.75) is 0 Å². The molecule has 6 heteroatoms. The molecule has 0 spiro atoms. The Bertz CT molecular complexity index is 739. The molecule has 0 radical (unpaired) electrons. The third-order valence-electron chi connectivity index (χ3n) is 2.53. The summed E-state index contributed by atoms with van der Waals surface area (Å²) in [6.45, 7) is 0. The fourth-order valence-corrected chi connectivity index (χ4v) is 2.39. The molecule has 2 aromatic heterocycles. The van der Waals surface area contributed by atoms with Crippen LogP contribution in [-0.2, 0) is 0 Å². The Morgan fingerprint density at radius 3 is 2.89 bits per heavy atom. The van der Waals surface area contributed by atoms with E-state index in [1.54, 1.807) is 16.9 Å². The Morgan fingerprint density at radius 1 is 1.22 bits per heavy atom. The van der Waals surface area contributed by atoms with Gasteiger partial charge in [-0.2, -0.15) is 5.10 Å². The van der Waals surface area contributed by atoms with E-state index in [1.807, 2.05) is 24.4 Å². The fourth-order valence-electron chi connectivity index (χ4n) is 1.69. The van der Waals surface area contributed by atoms with Crippen LogP contribution in [0, 0.1) is 0 Å². The van der Waals surface area contributed by atoms with Gasteiger partial charge in [0.05, 0.1) is 21.2 Å². The van der Waals surface area contributed by atoms with Gasteiger partial charge in [0.2, 0.25) is 0 Å². The van der Waals surface area contributed by atoms with Gasteiger partial charge in [0.1, 0.15) is 4.60 Å². The van der Waals surface area contributed by atoms with E-state index in [-0.39, 0.29) is 0 Å². The van der Waals surface area contributed by atoms with Crippen LogP contribution >= 0.6 is 39.1 Å². The zero-order chi connectivity index (χ0) is 12.7. The first-order valence-corrected chi connectivity index (χ1v) is 6.65. The number of pyridine rings is 1. The van der Waals surface area contributed by atoms with E-state index in [2.05, 4.69) is 26.0 Å². The molecule has 0 unspecified atom stereocenters. The van der Waals surface area contributed by atoms with E-state index in [4.69, 9.17) is 23.2 Å². The first-order chi connectivity index (χ1) is 8.65. The highest BCUT2D eigenvalue weighted by atomic mass is 79.9. The lowest BCUT2D eigenvalue weighted by Crippen LogP contribution is -1.95. The van der Waals surface area contributed by atoms with Crippen LogP contribution in [0.15, 0.2) is 41.3 Å². The molecule has 0 N–H and O–H groups in total. The maximum absolute atomic E-state index is 6.17. The second-order valence-electron chi connectivity index (χ2n) is 3.71. The number of halogens is 3. The maximum atomic E-state index is 6.17. The van der Waals surface area contributed by atoms with Crippen molar-refractivity contribution in [2.24, 2.45) is 0 Å². The van der Waals surface area contributed by atoms with Gasteiger partial charge in [-0.25, -0.2) is 9.67 Å². The van der Waals surface area contributed by atoms with Gasteiger partial charge in [0.25, 0.3) is 0 Å². The lowest BCUT2D eigenvalue weighted by atomic mass is 10.3. The molecule has 2 heterocycles. The van der Waals surface area contributed by atoms with Gasteiger partial charge in [-0.15, -0.1) is 0 Å². The number of aromatic nitrogens is 3. The second kappa shape index (κ2) is 4.53. The zero-order valence-electron chi connectivity index (χ0n) is 8.94.